The number of unbranched alkanes of at least 4 members (excludes halogenated alkanes) is 1. The molecule has 1 aromatic carbocycles. The van der Waals surface area contributed by atoms with Crippen molar-refractivity contribution in [3.63, 3.8) is 0 Å². The van der Waals surface area contributed by atoms with Crippen molar-refractivity contribution in [2.45, 2.75) is 76.8 Å². The zero-order chi connectivity index (χ0) is 18.2. The molecule has 1 heterocycles. The number of fused-ring (bicyclic) bond motifs is 1. The predicted octanol–water partition coefficient (Wildman–Crippen LogP) is 4.04. The molecule has 2 fully saturated rings. The lowest BCUT2D eigenvalue weighted by molar-refractivity contribution is -0.137. The van der Waals surface area contributed by atoms with Crippen LogP contribution in [0.15, 0.2) is 30.3 Å². The van der Waals surface area contributed by atoms with Crippen LogP contribution in [0.1, 0.15) is 69.8 Å². The van der Waals surface area contributed by atoms with Gasteiger partial charge in [0.1, 0.15) is 0 Å². The van der Waals surface area contributed by atoms with Gasteiger partial charge in [-0.15, -0.1) is 0 Å². The third kappa shape index (κ3) is 5.33. The van der Waals surface area contributed by atoms with E-state index in [0.29, 0.717) is 31.3 Å². The molecule has 0 radical (unpaired) electrons. The van der Waals surface area contributed by atoms with Crippen LogP contribution in [0, 0.1) is 5.92 Å². The van der Waals surface area contributed by atoms with E-state index in [1.54, 1.807) is 0 Å². The molecule has 1 aromatic rings. The van der Waals surface area contributed by atoms with Gasteiger partial charge in [-0.25, -0.2) is 0 Å². The number of carbonyl (C=O) groups excluding carboxylic acids is 2. The van der Waals surface area contributed by atoms with E-state index >= 15 is 0 Å². The third-order valence-electron chi connectivity index (χ3n) is 5.94. The molecule has 2 unspecified atom stereocenters. The molecule has 1 N–H and O–H groups in total. The second kappa shape index (κ2) is 9.75. The Morgan fingerprint density at radius 3 is 2.54 bits per heavy atom. The monoisotopic (exact) mass is 356 g/mol. The fourth-order valence-electron chi connectivity index (χ4n) is 4.52. The zero-order valence-electron chi connectivity index (χ0n) is 15.8. The first-order valence-electron chi connectivity index (χ1n) is 10.3. The van der Waals surface area contributed by atoms with E-state index in [-0.39, 0.29) is 5.91 Å². The van der Waals surface area contributed by atoms with E-state index in [9.17, 15) is 9.59 Å². The van der Waals surface area contributed by atoms with Crippen molar-refractivity contribution in [1.82, 2.24) is 10.2 Å². The molecule has 4 heteroatoms. The van der Waals surface area contributed by atoms with Crippen LogP contribution in [-0.4, -0.2) is 29.3 Å². The molecule has 0 spiro atoms. The third-order valence-corrected chi connectivity index (χ3v) is 5.94. The summed E-state index contributed by atoms with van der Waals surface area (Å²) in [5.41, 5.74) is 1.11. The van der Waals surface area contributed by atoms with Crippen LogP contribution in [0.4, 0.5) is 0 Å². The van der Waals surface area contributed by atoms with Crippen molar-refractivity contribution in [2.75, 3.05) is 6.54 Å². The van der Waals surface area contributed by atoms with Gasteiger partial charge in [0.25, 0.3) is 0 Å². The molecule has 1 aliphatic carbocycles. The van der Waals surface area contributed by atoms with E-state index in [4.69, 9.17) is 0 Å². The Hall–Kier alpha value is -1.84. The number of hydrogen-bond acceptors (Lipinski definition) is 2. The van der Waals surface area contributed by atoms with Gasteiger partial charge in [0, 0.05) is 32.0 Å². The summed E-state index contributed by atoms with van der Waals surface area (Å²) in [5.74, 6) is 1.13. The molecule has 1 aliphatic heterocycles. The van der Waals surface area contributed by atoms with E-state index < -0.39 is 0 Å². The van der Waals surface area contributed by atoms with Crippen molar-refractivity contribution in [1.29, 1.82) is 0 Å². The average Bonchev–Trinajstić information content (AvgIpc) is 2.70. The normalized spacial score (nSPS) is 22.5. The SMILES string of the molecule is O=C(CCCCC(=O)N1CCCC2CCCCC21)NCc1ccccc1. The topological polar surface area (TPSA) is 49.4 Å². The Morgan fingerprint density at radius 2 is 1.69 bits per heavy atom. The number of amides is 2. The highest BCUT2D eigenvalue weighted by molar-refractivity contribution is 5.77. The number of nitrogens with one attached hydrogen (secondary N) is 1. The van der Waals surface area contributed by atoms with E-state index in [1.807, 2.05) is 30.3 Å². The lowest BCUT2D eigenvalue weighted by Gasteiger charge is -2.44. The summed E-state index contributed by atoms with van der Waals surface area (Å²) in [5, 5.41) is 2.95. The predicted molar refractivity (Wildman–Crippen MR) is 103 cm³/mol. The van der Waals surface area contributed by atoms with Crippen molar-refractivity contribution in [2.24, 2.45) is 5.92 Å². The Morgan fingerprint density at radius 1 is 0.962 bits per heavy atom. The first-order chi connectivity index (χ1) is 12.7. The van der Waals surface area contributed by atoms with E-state index in [0.717, 1.165) is 37.3 Å². The smallest absolute Gasteiger partial charge is 0.222 e. The number of likely N-dealkylation sites (tertiary alicyclic amines) is 1. The number of benzene rings is 1. The first-order valence-corrected chi connectivity index (χ1v) is 10.3. The molecule has 1 saturated carbocycles. The molecule has 26 heavy (non-hydrogen) atoms. The molecule has 3 rings (SSSR count). The van der Waals surface area contributed by atoms with Crippen molar-refractivity contribution >= 4 is 11.8 Å². The highest BCUT2D eigenvalue weighted by Crippen LogP contribution is 2.35. The van der Waals surface area contributed by atoms with Crippen molar-refractivity contribution in [3.05, 3.63) is 35.9 Å². The van der Waals surface area contributed by atoms with Gasteiger partial charge in [0.15, 0.2) is 0 Å². The van der Waals surface area contributed by atoms with Gasteiger partial charge in [-0.3, -0.25) is 9.59 Å². The number of nitrogens with zero attached hydrogens (tertiary/aromatic N) is 1. The Bertz CT molecular complexity index is 585. The van der Waals surface area contributed by atoms with Crippen LogP contribution in [0.25, 0.3) is 0 Å². The summed E-state index contributed by atoms with van der Waals surface area (Å²) in [6.45, 7) is 1.52. The molecule has 0 aromatic heterocycles. The van der Waals surface area contributed by atoms with Crippen LogP contribution >= 0.6 is 0 Å². The molecule has 4 nitrogen and oxygen atoms in total. The fourth-order valence-corrected chi connectivity index (χ4v) is 4.52. The lowest BCUT2D eigenvalue weighted by atomic mass is 9.78. The van der Waals surface area contributed by atoms with Gasteiger partial charge < -0.3 is 10.2 Å². The average molecular weight is 357 g/mol. The Balaban J connectivity index is 1.32. The van der Waals surface area contributed by atoms with Crippen LogP contribution in [-0.2, 0) is 16.1 Å². The van der Waals surface area contributed by atoms with E-state index in [1.165, 1.54) is 32.1 Å². The van der Waals surface area contributed by atoms with Gasteiger partial charge in [0.2, 0.25) is 11.8 Å². The molecule has 1 saturated heterocycles. The Kier molecular flexibility index (Phi) is 7.10. The summed E-state index contributed by atoms with van der Waals surface area (Å²) >= 11 is 0. The maximum absolute atomic E-state index is 12.6. The fraction of sp³-hybridized carbons (Fsp3) is 0.636. The van der Waals surface area contributed by atoms with Crippen LogP contribution in [0.3, 0.4) is 0 Å². The molecule has 2 amide bonds. The quantitative estimate of drug-likeness (QED) is 0.750. The summed E-state index contributed by atoms with van der Waals surface area (Å²) < 4.78 is 0. The van der Waals surface area contributed by atoms with Gasteiger partial charge >= 0.3 is 0 Å². The molecular weight excluding hydrogens is 324 g/mol. The number of carbonyl (C=O) groups is 2. The van der Waals surface area contributed by atoms with E-state index in [2.05, 4.69) is 10.2 Å². The summed E-state index contributed by atoms with van der Waals surface area (Å²) in [6.07, 6.45) is 10.3. The first kappa shape index (κ1) is 18.9. The second-order valence-electron chi connectivity index (χ2n) is 7.81. The molecule has 2 aliphatic rings. The summed E-state index contributed by atoms with van der Waals surface area (Å²) in [7, 11) is 0. The van der Waals surface area contributed by atoms with Crippen molar-refractivity contribution < 1.29 is 9.59 Å². The largest absolute Gasteiger partial charge is 0.352 e. The molecular formula is C22H32N2O2. The van der Waals surface area contributed by atoms with Gasteiger partial charge in [-0.1, -0.05) is 43.2 Å². The number of rotatable bonds is 7. The molecule has 2 atom stereocenters. The minimum Gasteiger partial charge on any atom is -0.352 e. The van der Waals surface area contributed by atoms with Crippen LogP contribution in [0.5, 0.6) is 0 Å². The highest BCUT2D eigenvalue weighted by atomic mass is 16.2. The van der Waals surface area contributed by atoms with Crippen molar-refractivity contribution in [3.8, 4) is 0 Å². The maximum atomic E-state index is 12.6. The second-order valence-corrected chi connectivity index (χ2v) is 7.81. The lowest BCUT2D eigenvalue weighted by Crippen LogP contribution is -2.49. The zero-order valence-corrected chi connectivity index (χ0v) is 15.8. The van der Waals surface area contributed by atoms with Crippen LogP contribution in [0.2, 0.25) is 0 Å². The van der Waals surface area contributed by atoms with Gasteiger partial charge in [-0.2, -0.15) is 0 Å². The summed E-state index contributed by atoms with van der Waals surface area (Å²) in [6, 6.07) is 10.4. The molecule has 142 valence electrons. The minimum absolute atomic E-state index is 0.0756. The van der Waals surface area contributed by atoms with Gasteiger partial charge in [0.05, 0.1) is 0 Å². The summed E-state index contributed by atoms with van der Waals surface area (Å²) in [4.78, 5) is 26.7. The number of hydrogen-bond donors (Lipinski definition) is 1. The van der Waals surface area contributed by atoms with Gasteiger partial charge in [-0.05, 0) is 50.0 Å². The standard InChI is InChI=1S/C22H32N2O2/c25-21(23-17-18-9-2-1-3-10-18)14-6-7-15-22(26)24-16-8-12-19-11-4-5-13-20(19)24/h1-3,9-10,19-20H,4-8,11-17H2,(H,23,25). The number of piperidine rings is 1. The highest BCUT2D eigenvalue weighted by Gasteiger charge is 2.35. The molecule has 0 bridgehead atoms. The maximum Gasteiger partial charge on any atom is 0.222 e. The minimum atomic E-state index is 0.0756. The van der Waals surface area contributed by atoms with Crippen LogP contribution < -0.4 is 5.32 Å². The Labute approximate surface area is 157 Å².